The second-order valence-corrected chi connectivity index (χ2v) is 4.22. The highest BCUT2D eigenvalue weighted by atomic mass is 35.5. The molecule has 13 heavy (non-hydrogen) atoms. The van der Waals surface area contributed by atoms with Crippen molar-refractivity contribution in [2.24, 2.45) is 0 Å². The molecule has 1 atom stereocenters. The van der Waals surface area contributed by atoms with E-state index in [1.54, 1.807) is 6.07 Å². The maximum absolute atomic E-state index is 11.4. The Morgan fingerprint density at radius 2 is 2.31 bits per heavy atom. The SMILES string of the molecule is CS[C@H]1C(=O)Nc2ccc(Cl)cc21. The lowest BCUT2D eigenvalue weighted by atomic mass is 10.1. The molecular weight excluding hydrogens is 206 g/mol. The molecule has 1 N–H and O–H groups in total. The maximum atomic E-state index is 11.4. The summed E-state index contributed by atoms with van der Waals surface area (Å²) in [7, 11) is 0. The van der Waals surface area contributed by atoms with Crippen LogP contribution in [0.4, 0.5) is 5.69 Å². The van der Waals surface area contributed by atoms with Gasteiger partial charge in [0.15, 0.2) is 0 Å². The van der Waals surface area contributed by atoms with E-state index in [1.165, 1.54) is 11.8 Å². The number of carbonyl (C=O) groups is 1. The smallest absolute Gasteiger partial charge is 0.242 e. The van der Waals surface area contributed by atoms with Gasteiger partial charge in [0.25, 0.3) is 0 Å². The summed E-state index contributed by atoms with van der Waals surface area (Å²) in [5.41, 5.74) is 1.87. The Kier molecular flexibility index (Phi) is 2.22. The largest absolute Gasteiger partial charge is 0.325 e. The van der Waals surface area contributed by atoms with E-state index in [-0.39, 0.29) is 11.2 Å². The van der Waals surface area contributed by atoms with Crippen molar-refractivity contribution in [1.29, 1.82) is 0 Å². The zero-order valence-electron chi connectivity index (χ0n) is 7.00. The number of thioether (sulfide) groups is 1. The van der Waals surface area contributed by atoms with Gasteiger partial charge in [-0.2, -0.15) is 0 Å². The van der Waals surface area contributed by atoms with Gasteiger partial charge >= 0.3 is 0 Å². The summed E-state index contributed by atoms with van der Waals surface area (Å²) in [6.45, 7) is 0. The van der Waals surface area contributed by atoms with E-state index < -0.39 is 0 Å². The van der Waals surface area contributed by atoms with Crippen molar-refractivity contribution in [3.63, 3.8) is 0 Å². The summed E-state index contributed by atoms with van der Waals surface area (Å²) in [4.78, 5) is 11.4. The lowest BCUT2D eigenvalue weighted by molar-refractivity contribution is -0.115. The average Bonchev–Trinajstić information content (AvgIpc) is 2.40. The third-order valence-corrected chi connectivity index (χ3v) is 3.20. The molecule has 2 nitrogen and oxygen atoms in total. The minimum absolute atomic E-state index is 0.0461. The number of fused-ring (bicyclic) bond motifs is 1. The van der Waals surface area contributed by atoms with Gasteiger partial charge in [0.1, 0.15) is 5.25 Å². The molecule has 0 bridgehead atoms. The molecule has 0 saturated carbocycles. The number of nitrogens with one attached hydrogen (secondary N) is 1. The van der Waals surface area contributed by atoms with Crippen LogP contribution in [-0.4, -0.2) is 12.2 Å². The first-order valence-electron chi connectivity index (χ1n) is 3.85. The Balaban J connectivity index is 2.50. The predicted octanol–water partition coefficient (Wildman–Crippen LogP) is 2.70. The molecule has 4 heteroatoms. The molecule has 1 aliphatic heterocycles. The van der Waals surface area contributed by atoms with Gasteiger partial charge in [0.2, 0.25) is 5.91 Å². The molecule has 2 rings (SSSR count). The number of hydrogen-bond acceptors (Lipinski definition) is 2. The summed E-state index contributed by atoms with van der Waals surface area (Å²) < 4.78 is 0. The van der Waals surface area contributed by atoms with E-state index >= 15 is 0 Å². The highest BCUT2D eigenvalue weighted by molar-refractivity contribution is 7.99. The summed E-state index contributed by atoms with van der Waals surface area (Å²) in [5, 5.41) is 3.38. The fourth-order valence-corrected chi connectivity index (χ4v) is 2.34. The van der Waals surface area contributed by atoms with Crippen LogP contribution in [0.3, 0.4) is 0 Å². The van der Waals surface area contributed by atoms with Crippen molar-refractivity contribution in [3.8, 4) is 0 Å². The molecule has 1 aliphatic rings. The molecule has 1 heterocycles. The van der Waals surface area contributed by atoms with E-state index in [1.807, 2.05) is 18.4 Å². The van der Waals surface area contributed by atoms with E-state index in [4.69, 9.17) is 11.6 Å². The van der Waals surface area contributed by atoms with Crippen LogP contribution >= 0.6 is 23.4 Å². The van der Waals surface area contributed by atoms with Crippen LogP contribution in [0.15, 0.2) is 18.2 Å². The highest BCUT2D eigenvalue weighted by Crippen LogP contribution is 2.39. The molecule has 68 valence electrons. The van der Waals surface area contributed by atoms with Crippen molar-refractivity contribution in [1.82, 2.24) is 0 Å². The molecule has 1 aromatic rings. The fourth-order valence-electron chi connectivity index (χ4n) is 1.44. The normalized spacial score (nSPS) is 19.8. The van der Waals surface area contributed by atoms with Crippen LogP contribution in [0, 0.1) is 0 Å². The lowest BCUT2D eigenvalue weighted by Gasteiger charge is -2.03. The van der Waals surface area contributed by atoms with Gasteiger partial charge in [-0.1, -0.05) is 11.6 Å². The number of carbonyl (C=O) groups excluding carboxylic acids is 1. The monoisotopic (exact) mass is 213 g/mol. The quantitative estimate of drug-likeness (QED) is 0.777. The number of benzene rings is 1. The van der Waals surface area contributed by atoms with Gasteiger partial charge in [-0.15, -0.1) is 11.8 Å². The second-order valence-electron chi connectivity index (χ2n) is 2.84. The maximum Gasteiger partial charge on any atom is 0.242 e. The first kappa shape index (κ1) is 8.91. The Bertz CT molecular complexity index is 367. The first-order valence-corrected chi connectivity index (χ1v) is 5.52. The van der Waals surface area contributed by atoms with Gasteiger partial charge in [0.05, 0.1) is 0 Å². The standard InChI is InChI=1S/C9H8ClNOS/c1-13-8-6-4-5(10)2-3-7(6)11-9(8)12/h2-4,8H,1H3,(H,11,12)/t8-/m1/s1. The Hall–Kier alpha value is -0.670. The molecule has 1 amide bonds. The van der Waals surface area contributed by atoms with Crippen LogP contribution in [0.1, 0.15) is 10.8 Å². The third-order valence-electron chi connectivity index (χ3n) is 2.03. The van der Waals surface area contributed by atoms with Gasteiger partial charge < -0.3 is 5.32 Å². The Labute approximate surface area is 85.7 Å². The molecular formula is C9H8ClNOS. The van der Waals surface area contributed by atoms with E-state index in [9.17, 15) is 4.79 Å². The minimum Gasteiger partial charge on any atom is -0.325 e. The van der Waals surface area contributed by atoms with Crippen molar-refractivity contribution in [3.05, 3.63) is 28.8 Å². The van der Waals surface area contributed by atoms with Gasteiger partial charge in [-0.05, 0) is 30.0 Å². The summed E-state index contributed by atoms with van der Waals surface area (Å²) in [6, 6.07) is 5.46. The van der Waals surface area contributed by atoms with Crippen LogP contribution in [0.2, 0.25) is 5.02 Å². The third kappa shape index (κ3) is 1.42. The predicted molar refractivity (Wildman–Crippen MR) is 56.3 cm³/mol. The number of amides is 1. The zero-order valence-corrected chi connectivity index (χ0v) is 8.58. The summed E-state index contributed by atoms with van der Waals surface area (Å²) in [5.74, 6) is 0.0461. The average molecular weight is 214 g/mol. The van der Waals surface area contributed by atoms with E-state index in [0.29, 0.717) is 5.02 Å². The lowest BCUT2D eigenvalue weighted by Crippen LogP contribution is -2.08. The minimum atomic E-state index is -0.103. The molecule has 0 unspecified atom stereocenters. The van der Waals surface area contributed by atoms with Crippen LogP contribution < -0.4 is 5.32 Å². The molecule has 0 saturated heterocycles. The second kappa shape index (κ2) is 3.24. The van der Waals surface area contributed by atoms with Crippen molar-refractivity contribution in [2.75, 3.05) is 11.6 Å². The summed E-state index contributed by atoms with van der Waals surface area (Å²) in [6.07, 6.45) is 1.92. The molecule has 0 spiro atoms. The zero-order chi connectivity index (χ0) is 9.42. The highest BCUT2D eigenvalue weighted by Gasteiger charge is 2.29. The van der Waals surface area contributed by atoms with Crippen LogP contribution in [0.25, 0.3) is 0 Å². The summed E-state index contributed by atoms with van der Waals surface area (Å²) >= 11 is 7.37. The number of hydrogen-bond donors (Lipinski definition) is 1. The molecule has 0 fully saturated rings. The molecule has 0 aliphatic carbocycles. The topological polar surface area (TPSA) is 29.1 Å². The van der Waals surface area contributed by atoms with Crippen molar-refractivity contribution < 1.29 is 4.79 Å². The number of halogens is 1. The Morgan fingerprint density at radius 3 is 3.00 bits per heavy atom. The number of rotatable bonds is 1. The fraction of sp³-hybridized carbons (Fsp3) is 0.222. The van der Waals surface area contributed by atoms with E-state index in [0.717, 1.165) is 11.3 Å². The Morgan fingerprint density at radius 1 is 1.54 bits per heavy atom. The first-order chi connectivity index (χ1) is 6.22. The number of anilines is 1. The van der Waals surface area contributed by atoms with E-state index in [2.05, 4.69) is 5.32 Å². The molecule has 0 radical (unpaired) electrons. The van der Waals surface area contributed by atoms with Crippen molar-refractivity contribution in [2.45, 2.75) is 5.25 Å². The van der Waals surface area contributed by atoms with Gasteiger partial charge in [0, 0.05) is 10.7 Å². The molecule has 1 aromatic carbocycles. The van der Waals surface area contributed by atoms with Gasteiger partial charge in [-0.25, -0.2) is 0 Å². The van der Waals surface area contributed by atoms with Crippen LogP contribution in [0.5, 0.6) is 0 Å². The van der Waals surface area contributed by atoms with Gasteiger partial charge in [-0.3, -0.25) is 4.79 Å². The molecule has 0 aromatic heterocycles. The van der Waals surface area contributed by atoms with Crippen molar-refractivity contribution >= 4 is 35.0 Å². The van der Waals surface area contributed by atoms with Crippen LogP contribution in [-0.2, 0) is 4.79 Å².